The largest absolute Gasteiger partial charge is 1.00 e. The lowest BCUT2D eigenvalue weighted by molar-refractivity contribution is -0.889. The maximum absolute atomic E-state index is 12.7. The molecule has 0 unspecified atom stereocenters. The Morgan fingerprint density at radius 1 is 0.594 bits per heavy atom. The molecule has 2 aliphatic rings. The molecule has 174 valence electrons. The van der Waals surface area contributed by atoms with Gasteiger partial charge in [-0.3, -0.25) is 9.59 Å². The number of nitrogens with zero attached hydrogens (tertiary/aromatic N) is 2. The van der Waals surface area contributed by atoms with Crippen molar-refractivity contribution in [3.05, 3.63) is 59.7 Å². The van der Waals surface area contributed by atoms with Crippen molar-refractivity contribution >= 4 is 11.6 Å². The number of likely N-dealkylation sites (N-methyl/N-ethyl adjacent to an activating group) is 2. The van der Waals surface area contributed by atoms with Gasteiger partial charge in [0.1, 0.15) is 13.1 Å². The summed E-state index contributed by atoms with van der Waals surface area (Å²) in [5.74, 6) is 0.454. The number of carbonyl (C=O) groups is 2. The molecule has 2 aliphatic heterocycles. The molecule has 0 aromatic heterocycles. The second-order valence-corrected chi connectivity index (χ2v) is 9.86. The van der Waals surface area contributed by atoms with E-state index < -0.39 is 0 Å². The summed E-state index contributed by atoms with van der Waals surface area (Å²) in [6.45, 7) is 5.60. The average molecular weight is 566 g/mol. The Bertz CT molecular complexity index is 836. The summed E-state index contributed by atoms with van der Waals surface area (Å²) in [4.78, 5) is 25.4. The summed E-state index contributed by atoms with van der Waals surface area (Å²) in [5.41, 5.74) is 3.73. The minimum absolute atomic E-state index is 0. The molecular formula is C26H34Br2N2O2. The molecule has 0 radical (unpaired) electrons. The smallest absolute Gasteiger partial charge is 0.216 e. The second kappa shape index (κ2) is 11.2. The number of Topliss-reactive ketones (excluding diaryl/α,β-unsaturated/α-hetero) is 2. The van der Waals surface area contributed by atoms with E-state index in [1.165, 1.54) is 25.7 Å². The van der Waals surface area contributed by atoms with Gasteiger partial charge >= 0.3 is 0 Å². The number of hydrogen-bond acceptors (Lipinski definition) is 2. The zero-order chi connectivity index (χ0) is 21.2. The molecule has 6 heteroatoms. The molecular weight excluding hydrogens is 532 g/mol. The predicted molar refractivity (Wildman–Crippen MR) is 121 cm³/mol. The molecule has 4 nitrogen and oxygen atoms in total. The minimum Gasteiger partial charge on any atom is -1.00 e. The molecule has 2 aromatic rings. The first-order valence-electron chi connectivity index (χ1n) is 11.3. The quantitative estimate of drug-likeness (QED) is 0.293. The van der Waals surface area contributed by atoms with Gasteiger partial charge in [-0.05, 0) is 11.1 Å². The van der Waals surface area contributed by atoms with Crippen LogP contribution in [0.3, 0.4) is 0 Å². The van der Waals surface area contributed by atoms with Crippen LogP contribution in [0.5, 0.6) is 0 Å². The fourth-order valence-electron chi connectivity index (χ4n) is 5.09. The maximum atomic E-state index is 12.7. The zero-order valence-corrected chi connectivity index (χ0v) is 22.3. The van der Waals surface area contributed by atoms with Gasteiger partial charge in [-0.25, -0.2) is 0 Å². The molecule has 2 saturated heterocycles. The highest BCUT2D eigenvalue weighted by molar-refractivity contribution is 5.98. The van der Waals surface area contributed by atoms with Crippen LogP contribution in [-0.4, -0.2) is 73.9 Å². The highest BCUT2D eigenvalue weighted by Gasteiger charge is 2.30. The first-order valence-corrected chi connectivity index (χ1v) is 11.3. The molecule has 32 heavy (non-hydrogen) atoms. The second-order valence-electron chi connectivity index (χ2n) is 9.86. The first-order chi connectivity index (χ1) is 14.4. The number of quaternary nitrogens is 2. The van der Waals surface area contributed by atoms with Crippen LogP contribution < -0.4 is 34.0 Å². The molecule has 0 atom stereocenters. The van der Waals surface area contributed by atoms with Crippen LogP contribution in [0, 0.1) is 0 Å². The molecule has 4 rings (SSSR count). The van der Waals surface area contributed by atoms with Gasteiger partial charge in [0.25, 0.3) is 0 Å². The van der Waals surface area contributed by atoms with Crippen LogP contribution in [-0.2, 0) is 0 Å². The normalized spacial score (nSPS) is 18.4. The maximum Gasteiger partial charge on any atom is 0.216 e. The molecule has 0 aliphatic carbocycles. The van der Waals surface area contributed by atoms with Crippen molar-refractivity contribution in [3.63, 3.8) is 0 Å². The van der Waals surface area contributed by atoms with Crippen LogP contribution in [0.4, 0.5) is 0 Å². The number of ketones is 2. The van der Waals surface area contributed by atoms with Crippen molar-refractivity contribution in [1.82, 2.24) is 0 Å². The van der Waals surface area contributed by atoms with Gasteiger partial charge in [0, 0.05) is 36.8 Å². The van der Waals surface area contributed by atoms with Gasteiger partial charge in [-0.2, -0.15) is 0 Å². The van der Waals surface area contributed by atoms with Crippen LogP contribution in [0.15, 0.2) is 48.5 Å². The Kier molecular flexibility index (Phi) is 9.41. The lowest BCUT2D eigenvalue weighted by atomic mass is 10.00. The minimum atomic E-state index is 0. The summed E-state index contributed by atoms with van der Waals surface area (Å²) in [6.07, 6.45) is 4.89. The number of benzene rings is 2. The molecule has 2 aromatic carbocycles. The fraction of sp³-hybridized carbons (Fsp3) is 0.462. The summed E-state index contributed by atoms with van der Waals surface area (Å²) < 4.78 is 1.74. The van der Waals surface area contributed by atoms with Crippen molar-refractivity contribution in [2.45, 2.75) is 25.7 Å². The van der Waals surface area contributed by atoms with Crippen molar-refractivity contribution in [1.29, 1.82) is 0 Å². The molecule has 0 bridgehead atoms. The van der Waals surface area contributed by atoms with E-state index >= 15 is 0 Å². The number of carbonyl (C=O) groups excluding carboxylic acids is 2. The summed E-state index contributed by atoms with van der Waals surface area (Å²) in [5, 5.41) is 0. The molecule has 0 spiro atoms. The van der Waals surface area contributed by atoms with E-state index in [0.29, 0.717) is 13.1 Å². The third-order valence-corrected chi connectivity index (χ3v) is 7.09. The summed E-state index contributed by atoms with van der Waals surface area (Å²) in [6, 6.07) is 15.8. The van der Waals surface area contributed by atoms with Gasteiger partial charge in [0.15, 0.2) is 0 Å². The van der Waals surface area contributed by atoms with Gasteiger partial charge in [-0.15, -0.1) is 0 Å². The van der Waals surface area contributed by atoms with E-state index in [4.69, 9.17) is 0 Å². The van der Waals surface area contributed by atoms with Gasteiger partial charge < -0.3 is 42.9 Å². The summed E-state index contributed by atoms with van der Waals surface area (Å²) in [7, 11) is 4.38. The number of rotatable bonds is 7. The van der Waals surface area contributed by atoms with Crippen molar-refractivity contribution in [2.75, 3.05) is 53.4 Å². The Labute approximate surface area is 213 Å². The SMILES string of the molecule is C[N+]1(CC(=O)c2ccc(-c3ccc(C(=O)C[N+]4(C)CCCC4)cc3)cc2)CCCC1.[Br-].[Br-]. The van der Waals surface area contributed by atoms with Crippen molar-refractivity contribution in [2.24, 2.45) is 0 Å². The zero-order valence-electron chi connectivity index (χ0n) is 19.2. The highest BCUT2D eigenvalue weighted by Crippen LogP contribution is 2.23. The van der Waals surface area contributed by atoms with Crippen LogP contribution in [0.25, 0.3) is 11.1 Å². The van der Waals surface area contributed by atoms with Crippen molar-refractivity contribution in [3.8, 4) is 11.1 Å². The third kappa shape index (κ3) is 6.37. The van der Waals surface area contributed by atoms with Gasteiger partial charge in [0.05, 0.1) is 40.3 Å². The number of likely N-dealkylation sites (tertiary alicyclic amines) is 2. The number of halogens is 2. The highest BCUT2D eigenvalue weighted by atomic mass is 79.9. The van der Waals surface area contributed by atoms with Crippen molar-refractivity contribution < 1.29 is 52.5 Å². The topological polar surface area (TPSA) is 34.1 Å². The molecule has 0 saturated carbocycles. The standard InChI is InChI=1S/C26H34N2O2.2BrH/c1-27(15-3-4-16-27)19-25(29)23-11-7-21(8-12-23)22-9-13-24(14-10-22)26(30)20-28(2)17-5-6-18-28;;/h7-14H,3-6,15-20H2,1-2H3;2*1H/q+2;;/p-2. The monoisotopic (exact) mass is 564 g/mol. The van der Waals surface area contributed by atoms with E-state index in [9.17, 15) is 9.59 Å². The predicted octanol–water partition coefficient (Wildman–Crippen LogP) is -1.79. The Morgan fingerprint density at radius 2 is 0.875 bits per heavy atom. The number of hydrogen-bond donors (Lipinski definition) is 0. The molecule has 0 N–H and O–H groups in total. The average Bonchev–Trinajstić information content (AvgIpc) is 3.36. The van der Waals surface area contributed by atoms with Crippen LogP contribution in [0.2, 0.25) is 0 Å². The Hall–Kier alpha value is -1.34. The Morgan fingerprint density at radius 3 is 1.16 bits per heavy atom. The van der Waals surface area contributed by atoms with E-state index in [1.54, 1.807) is 0 Å². The van der Waals surface area contributed by atoms with E-state index in [2.05, 4.69) is 14.1 Å². The van der Waals surface area contributed by atoms with Crippen LogP contribution >= 0.6 is 0 Å². The summed E-state index contributed by atoms with van der Waals surface area (Å²) >= 11 is 0. The third-order valence-electron chi connectivity index (χ3n) is 7.09. The lowest BCUT2D eigenvalue weighted by Crippen LogP contribution is -3.00. The Balaban J connectivity index is 0.00000181. The first kappa shape index (κ1) is 26.9. The molecule has 2 heterocycles. The fourth-order valence-corrected chi connectivity index (χ4v) is 5.09. The van der Waals surface area contributed by atoms with Gasteiger partial charge in [-0.1, -0.05) is 48.5 Å². The van der Waals surface area contributed by atoms with E-state index in [1.807, 2.05) is 48.5 Å². The van der Waals surface area contributed by atoms with E-state index in [-0.39, 0.29) is 45.5 Å². The van der Waals surface area contributed by atoms with Crippen LogP contribution in [0.1, 0.15) is 46.4 Å². The molecule has 0 amide bonds. The van der Waals surface area contributed by atoms with Gasteiger partial charge in [0.2, 0.25) is 11.6 Å². The lowest BCUT2D eigenvalue weighted by Gasteiger charge is -2.28. The molecule has 2 fully saturated rings. The van der Waals surface area contributed by atoms with E-state index in [0.717, 1.165) is 57.4 Å².